The lowest BCUT2D eigenvalue weighted by atomic mass is 9.84. The summed E-state index contributed by atoms with van der Waals surface area (Å²) in [6.45, 7) is 1.89. The number of non-ortho nitro benzene ring substituents is 1. The monoisotopic (exact) mass is 394 g/mol. The number of nitrogens with zero attached hydrogens (tertiary/aromatic N) is 1. The van der Waals surface area contributed by atoms with Crippen molar-refractivity contribution in [1.82, 2.24) is 5.32 Å². The largest absolute Gasteiger partial charge is 0.462 e. The van der Waals surface area contributed by atoms with Crippen LogP contribution in [0.5, 0.6) is 0 Å². The third-order valence-corrected chi connectivity index (χ3v) is 4.86. The normalized spacial score (nSPS) is 16.3. The molecule has 1 aliphatic rings. The van der Waals surface area contributed by atoms with Gasteiger partial charge in [-0.15, -0.1) is 0 Å². The minimum atomic E-state index is -0.578. The predicted molar refractivity (Wildman–Crippen MR) is 107 cm³/mol. The lowest BCUT2D eigenvalue weighted by Gasteiger charge is -2.26. The Kier molecular flexibility index (Phi) is 6.39. The average molecular weight is 394 g/mol. The van der Waals surface area contributed by atoms with E-state index in [-0.39, 0.29) is 24.6 Å². The molecule has 0 unspecified atom stereocenters. The number of amides is 1. The van der Waals surface area contributed by atoms with E-state index in [9.17, 15) is 19.7 Å². The fraction of sp³-hybridized carbons (Fsp3) is 0.273. The molecule has 3 rings (SSSR count). The summed E-state index contributed by atoms with van der Waals surface area (Å²) in [7, 11) is 0. The van der Waals surface area contributed by atoms with Gasteiger partial charge in [0.15, 0.2) is 0 Å². The highest BCUT2D eigenvalue weighted by atomic mass is 16.6. The van der Waals surface area contributed by atoms with Gasteiger partial charge in [-0.05, 0) is 30.9 Å². The van der Waals surface area contributed by atoms with E-state index in [2.05, 4.69) is 5.32 Å². The van der Waals surface area contributed by atoms with Crippen molar-refractivity contribution in [3.05, 3.63) is 87.1 Å². The summed E-state index contributed by atoms with van der Waals surface area (Å²) in [6, 6.07) is 15.9. The number of nitrogens with one attached hydrogen (secondary N) is 1. The van der Waals surface area contributed by atoms with Crippen molar-refractivity contribution in [2.24, 2.45) is 0 Å². The van der Waals surface area contributed by atoms with Gasteiger partial charge < -0.3 is 10.1 Å². The molecular formula is C22H22N2O5. The first-order valence-electron chi connectivity index (χ1n) is 9.41. The van der Waals surface area contributed by atoms with Gasteiger partial charge in [0.2, 0.25) is 5.91 Å². The number of carbonyl (C=O) groups is 2. The van der Waals surface area contributed by atoms with Crippen LogP contribution < -0.4 is 5.32 Å². The Morgan fingerprint density at radius 3 is 2.69 bits per heavy atom. The van der Waals surface area contributed by atoms with Crippen LogP contribution in [-0.2, 0) is 20.7 Å². The van der Waals surface area contributed by atoms with E-state index in [1.54, 1.807) is 19.1 Å². The van der Waals surface area contributed by atoms with E-state index < -0.39 is 16.8 Å². The fourth-order valence-corrected chi connectivity index (χ4v) is 3.47. The molecule has 1 heterocycles. The second-order valence-electron chi connectivity index (χ2n) is 6.92. The molecular weight excluding hydrogens is 372 g/mol. The van der Waals surface area contributed by atoms with Crippen molar-refractivity contribution in [3.8, 4) is 0 Å². The Bertz CT molecular complexity index is 953. The SMILES string of the molecule is CC1=C(C(=O)OCCCc2ccccc2)[C@H](c2cccc([N+](=O)[O-])c2)CC(=O)N1. The quantitative estimate of drug-likeness (QED) is 0.334. The number of hydrogen-bond donors (Lipinski definition) is 1. The molecule has 0 radical (unpaired) electrons. The highest BCUT2D eigenvalue weighted by Crippen LogP contribution is 2.34. The Labute approximate surface area is 168 Å². The number of esters is 1. The summed E-state index contributed by atoms with van der Waals surface area (Å²) in [5.74, 6) is -1.32. The highest BCUT2D eigenvalue weighted by molar-refractivity contribution is 5.95. The second-order valence-corrected chi connectivity index (χ2v) is 6.92. The maximum atomic E-state index is 12.8. The zero-order valence-corrected chi connectivity index (χ0v) is 16.1. The van der Waals surface area contributed by atoms with Crippen molar-refractivity contribution in [2.45, 2.75) is 32.1 Å². The summed E-state index contributed by atoms with van der Waals surface area (Å²) >= 11 is 0. The highest BCUT2D eigenvalue weighted by Gasteiger charge is 2.33. The molecule has 1 N–H and O–H groups in total. The van der Waals surface area contributed by atoms with Crippen molar-refractivity contribution in [3.63, 3.8) is 0 Å². The van der Waals surface area contributed by atoms with Gasteiger partial charge in [0.25, 0.3) is 5.69 Å². The maximum Gasteiger partial charge on any atom is 0.336 e. The van der Waals surface area contributed by atoms with Gasteiger partial charge in [-0.3, -0.25) is 14.9 Å². The first kappa shape index (κ1) is 20.3. The predicted octanol–water partition coefficient (Wildman–Crippen LogP) is 3.65. The number of rotatable bonds is 7. The Hall–Kier alpha value is -3.48. The van der Waals surface area contributed by atoms with Gasteiger partial charge in [0, 0.05) is 30.2 Å². The smallest absolute Gasteiger partial charge is 0.336 e. The number of carbonyl (C=O) groups excluding carboxylic acids is 2. The van der Waals surface area contributed by atoms with Crippen LogP contribution in [0.15, 0.2) is 65.9 Å². The summed E-state index contributed by atoms with van der Waals surface area (Å²) in [6.07, 6.45) is 1.50. The lowest BCUT2D eigenvalue weighted by molar-refractivity contribution is -0.384. The van der Waals surface area contributed by atoms with Crippen molar-refractivity contribution >= 4 is 17.6 Å². The molecule has 1 amide bonds. The van der Waals surface area contributed by atoms with Crippen molar-refractivity contribution in [1.29, 1.82) is 0 Å². The minimum Gasteiger partial charge on any atom is -0.462 e. The van der Waals surface area contributed by atoms with E-state index in [1.807, 2.05) is 30.3 Å². The van der Waals surface area contributed by atoms with Crippen molar-refractivity contribution in [2.75, 3.05) is 6.61 Å². The molecule has 0 fully saturated rings. The number of aryl methyl sites for hydroxylation is 1. The van der Waals surface area contributed by atoms with Gasteiger partial charge in [-0.1, -0.05) is 42.5 Å². The first-order chi connectivity index (χ1) is 14.0. The van der Waals surface area contributed by atoms with E-state index >= 15 is 0 Å². The molecule has 2 aromatic rings. The maximum absolute atomic E-state index is 12.8. The van der Waals surface area contributed by atoms with Gasteiger partial charge >= 0.3 is 5.97 Å². The molecule has 0 spiro atoms. The molecule has 1 aliphatic heterocycles. The molecule has 0 bridgehead atoms. The van der Waals surface area contributed by atoms with E-state index in [0.717, 1.165) is 6.42 Å². The molecule has 0 saturated carbocycles. The van der Waals surface area contributed by atoms with Crippen LogP contribution in [0.2, 0.25) is 0 Å². The molecule has 29 heavy (non-hydrogen) atoms. The van der Waals surface area contributed by atoms with Gasteiger partial charge in [0.1, 0.15) is 0 Å². The lowest BCUT2D eigenvalue weighted by Crippen LogP contribution is -2.34. The van der Waals surface area contributed by atoms with Gasteiger partial charge in [0.05, 0.1) is 17.1 Å². The number of ether oxygens (including phenoxy) is 1. The Balaban J connectivity index is 1.72. The zero-order valence-electron chi connectivity index (χ0n) is 16.1. The first-order valence-corrected chi connectivity index (χ1v) is 9.41. The van der Waals surface area contributed by atoms with Crippen LogP contribution in [0.1, 0.15) is 36.8 Å². The summed E-state index contributed by atoms with van der Waals surface area (Å²) in [5, 5.41) is 13.8. The Morgan fingerprint density at radius 2 is 1.97 bits per heavy atom. The fourth-order valence-electron chi connectivity index (χ4n) is 3.47. The number of benzene rings is 2. The van der Waals surface area contributed by atoms with Crippen LogP contribution in [0.3, 0.4) is 0 Å². The van der Waals surface area contributed by atoms with Crippen LogP contribution in [0.25, 0.3) is 0 Å². The van der Waals surface area contributed by atoms with Crippen molar-refractivity contribution < 1.29 is 19.2 Å². The third kappa shape index (κ3) is 5.07. The third-order valence-electron chi connectivity index (χ3n) is 4.86. The van der Waals surface area contributed by atoms with Gasteiger partial charge in [-0.2, -0.15) is 0 Å². The van der Waals surface area contributed by atoms with Gasteiger partial charge in [-0.25, -0.2) is 4.79 Å². The summed E-state index contributed by atoms with van der Waals surface area (Å²) in [5.41, 5.74) is 2.39. The van der Waals surface area contributed by atoms with Crippen LogP contribution >= 0.6 is 0 Å². The van der Waals surface area contributed by atoms with E-state index in [0.29, 0.717) is 23.3 Å². The van der Waals surface area contributed by atoms with Crippen LogP contribution in [0, 0.1) is 10.1 Å². The Morgan fingerprint density at radius 1 is 1.21 bits per heavy atom. The molecule has 0 saturated heterocycles. The molecule has 2 aromatic carbocycles. The van der Waals surface area contributed by atoms with Crippen LogP contribution in [-0.4, -0.2) is 23.4 Å². The number of allylic oxidation sites excluding steroid dienone is 1. The standard InChI is InChI=1S/C22H22N2O5/c1-15-21(22(26)29-12-6-9-16-7-3-2-4-8-16)19(14-20(25)23-15)17-10-5-11-18(13-17)24(27)28/h2-5,7-8,10-11,13,19H,6,9,12,14H2,1H3,(H,23,25)/t19-/m0/s1. The van der Waals surface area contributed by atoms with Crippen LogP contribution in [0.4, 0.5) is 5.69 Å². The number of nitro groups is 1. The van der Waals surface area contributed by atoms with E-state index in [4.69, 9.17) is 4.74 Å². The summed E-state index contributed by atoms with van der Waals surface area (Å²) in [4.78, 5) is 35.4. The summed E-state index contributed by atoms with van der Waals surface area (Å²) < 4.78 is 5.46. The molecule has 0 aromatic heterocycles. The topological polar surface area (TPSA) is 98.5 Å². The minimum absolute atomic E-state index is 0.0347. The zero-order chi connectivity index (χ0) is 20.8. The second kappa shape index (κ2) is 9.14. The molecule has 1 atom stereocenters. The molecule has 150 valence electrons. The molecule has 7 heteroatoms. The number of hydrogen-bond acceptors (Lipinski definition) is 5. The number of nitro benzene ring substituents is 1. The molecule has 7 nitrogen and oxygen atoms in total. The molecule has 0 aliphatic carbocycles. The average Bonchev–Trinajstić information content (AvgIpc) is 2.71. The van der Waals surface area contributed by atoms with E-state index in [1.165, 1.54) is 17.7 Å².